The molecular weight excluding hydrogens is 225 g/mol. The van der Waals surface area contributed by atoms with Crippen LogP contribution in [0.15, 0.2) is 0 Å². The van der Waals surface area contributed by atoms with Crippen molar-refractivity contribution >= 4 is 11.8 Å². The summed E-state index contributed by atoms with van der Waals surface area (Å²) in [6.07, 6.45) is 0.470. The summed E-state index contributed by atoms with van der Waals surface area (Å²) in [7, 11) is 2.00. The molecule has 2 aliphatic heterocycles. The SMILES string of the molecule is Cn1nc2c(c1CN1CC(F)C1)CSCC2. The number of aryl methyl sites for hydroxylation is 2. The number of hydrogen-bond acceptors (Lipinski definition) is 3. The molecule has 3 nitrogen and oxygen atoms in total. The Morgan fingerprint density at radius 3 is 3.06 bits per heavy atom. The van der Waals surface area contributed by atoms with E-state index in [0.29, 0.717) is 13.1 Å². The standard InChI is InChI=1S/C11H16FN3S/c1-14-11(6-15-4-8(12)5-15)9-7-16-3-2-10(9)13-14/h8H,2-7H2,1H3. The summed E-state index contributed by atoms with van der Waals surface area (Å²) >= 11 is 1.97. The molecule has 16 heavy (non-hydrogen) atoms. The highest BCUT2D eigenvalue weighted by Crippen LogP contribution is 2.28. The number of rotatable bonds is 2. The van der Waals surface area contributed by atoms with E-state index in [-0.39, 0.29) is 0 Å². The topological polar surface area (TPSA) is 21.1 Å². The van der Waals surface area contributed by atoms with E-state index in [9.17, 15) is 4.39 Å². The van der Waals surface area contributed by atoms with E-state index in [4.69, 9.17) is 0 Å². The second kappa shape index (κ2) is 4.04. The van der Waals surface area contributed by atoms with E-state index in [2.05, 4.69) is 10.00 Å². The average Bonchev–Trinajstić information content (AvgIpc) is 2.53. The molecule has 3 rings (SSSR count). The second-order valence-corrected chi connectivity index (χ2v) is 5.69. The molecule has 0 aliphatic carbocycles. The van der Waals surface area contributed by atoms with Crippen molar-refractivity contribution in [3.05, 3.63) is 17.0 Å². The summed E-state index contributed by atoms with van der Waals surface area (Å²) in [6.45, 7) is 2.04. The van der Waals surface area contributed by atoms with Crippen LogP contribution in [0.25, 0.3) is 0 Å². The van der Waals surface area contributed by atoms with Crippen molar-refractivity contribution in [1.29, 1.82) is 0 Å². The third kappa shape index (κ3) is 1.76. The number of nitrogens with zero attached hydrogens (tertiary/aromatic N) is 3. The summed E-state index contributed by atoms with van der Waals surface area (Å²) in [5.41, 5.74) is 3.95. The van der Waals surface area contributed by atoms with Crippen LogP contribution in [0.5, 0.6) is 0 Å². The van der Waals surface area contributed by atoms with Crippen molar-refractivity contribution < 1.29 is 4.39 Å². The van der Waals surface area contributed by atoms with E-state index in [1.807, 2.05) is 23.5 Å². The molecule has 1 fully saturated rings. The molecule has 0 amide bonds. The lowest BCUT2D eigenvalue weighted by Crippen LogP contribution is -2.47. The number of thioether (sulfide) groups is 1. The average molecular weight is 241 g/mol. The molecule has 88 valence electrons. The normalized spacial score (nSPS) is 21.9. The van der Waals surface area contributed by atoms with E-state index in [0.717, 1.165) is 18.7 Å². The molecule has 1 saturated heterocycles. The first-order chi connectivity index (χ1) is 7.74. The number of alkyl halides is 1. The molecule has 5 heteroatoms. The Kier molecular flexibility index (Phi) is 2.67. The molecule has 0 N–H and O–H groups in total. The van der Waals surface area contributed by atoms with E-state index in [1.54, 1.807) is 0 Å². The lowest BCUT2D eigenvalue weighted by molar-refractivity contribution is 0.0569. The van der Waals surface area contributed by atoms with Crippen LogP contribution in [-0.2, 0) is 25.8 Å². The minimum atomic E-state index is -0.613. The minimum Gasteiger partial charge on any atom is -0.292 e. The number of fused-ring (bicyclic) bond motifs is 1. The number of halogens is 1. The van der Waals surface area contributed by atoms with Gasteiger partial charge in [-0.2, -0.15) is 16.9 Å². The van der Waals surface area contributed by atoms with Crippen molar-refractivity contribution in [3.63, 3.8) is 0 Å². The zero-order chi connectivity index (χ0) is 11.1. The van der Waals surface area contributed by atoms with E-state index >= 15 is 0 Å². The fraction of sp³-hybridized carbons (Fsp3) is 0.727. The molecule has 0 radical (unpaired) electrons. The second-order valence-electron chi connectivity index (χ2n) is 4.59. The van der Waals surface area contributed by atoms with Gasteiger partial charge in [-0.3, -0.25) is 9.58 Å². The van der Waals surface area contributed by atoms with Gasteiger partial charge in [-0.1, -0.05) is 0 Å². The van der Waals surface area contributed by atoms with Crippen LogP contribution in [0.1, 0.15) is 17.0 Å². The lowest BCUT2D eigenvalue weighted by Gasteiger charge is -2.34. The van der Waals surface area contributed by atoms with Gasteiger partial charge in [0.15, 0.2) is 0 Å². The zero-order valence-electron chi connectivity index (χ0n) is 9.45. The molecule has 1 aromatic rings. The molecule has 2 aliphatic rings. The number of aromatic nitrogens is 2. The van der Waals surface area contributed by atoms with E-state index < -0.39 is 6.17 Å². The summed E-state index contributed by atoms with van der Waals surface area (Å²) in [6, 6.07) is 0. The first-order valence-corrected chi connectivity index (χ1v) is 6.87. The number of hydrogen-bond donors (Lipinski definition) is 0. The molecule has 0 spiro atoms. The summed E-state index contributed by atoms with van der Waals surface area (Å²) in [5.74, 6) is 2.26. The maximum absolute atomic E-state index is 12.8. The molecule has 0 bridgehead atoms. The molecule has 0 aromatic carbocycles. The van der Waals surface area contributed by atoms with E-state index in [1.165, 1.54) is 22.7 Å². The van der Waals surface area contributed by atoms with Crippen LogP contribution in [-0.4, -0.2) is 39.7 Å². The van der Waals surface area contributed by atoms with Crippen molar-refractivity contribution in [2.75, 3.05) is 18.8 Å². The largest absolute Gasteiger partial charge is 0.292 e. The molecule has 0 atom stereocenters. The van der Waals surface area contributed by atoms with Crippen molar-refractivity contribution in [2.24, 2.45) is 7.05 Å². The van der Waals surface area contributed by atoms with Gasteiger partial charge in [0, 0.05) is 44.4 Å². The van der Waals surface area contributed by atoms with Gasteiger partial charge in [-0.25, -0.2) is 4.39 Å². The van der Waals surface area contributed by atoms with Gasteiger partial charge in [0.2, 0.25) is 0 Å². The van der Waals surface area contributed by atoms with Crippen LogP contribution in [0.3, 0.4) is 0 Å². The van der Waals surface area contributed by atoms with Gasteiger partial charge in [0.25, 0.3) is 0 Å². The van der Waals surface area contributed by atoms with Crippen molar-refractivity contribution in [1.82, 2.24) is 14.7 Å². The van der Waals surface area contributed by atoms with Gasteiger partial charge in [0.1, 0.15) is 6.17 Å². The van der Waals surface area contributed by atoms with Crippen LogP contribution in [0.2, 0.25) is 0 Å². The lowest BCUT2D eigenvalue weighted by atomic mass is 10.1. The van der Waals surface area contributed by atoms with Gasteiger partial charge in [-0.05, 0) is 5.75 Å². The smallest absolute Gasteiger partial charge is 0.125 e. The third-order valence-corrected chi connectivity index (χ3v) is 4.36. The Bertz CT molecular complexity index is 398. The van der Waals surface area contributed by atoms with Crippen LogP contribution < -0.4 is 0 Å². The Labute approximate surface area is 99.0 Å². The van der Waals surface area contributed by atoms with Crippen LogP contribution >= 0.6 is 11.8 Å². The fourth-order valence-electron chi connectivity index (χ4n) is 2.42. The van der Waals surface area contributed by atoms with Crippen LogP contribution in [0.4, 0.5) is 4.39 Å². The van der Waals surface area contributed by atoms with Gasteiger partial charge in [-0.15, -0.1) is 0 Å². The highest BCUT2D eigenvalue weighted by molar-refractivity contribution is 7.98. The Morgan fingerprint density at radius 1 is 1.50 bits per heavy atom. The highest BCUT2D eigenvalue weighted by atomic mass is 32.2. The Morgan fingerprint density at radius 2 is 2.31 bits per heavy atom. The Balaban J connectivity index is 1.80. The Hall–Kier alpha value is -0.550. The highest BCUT2D eigenvalue weighted by Gasteiger charge is 2.28. The first kappa shape index (κ1) is 10.6. The molecule has 0 unspecified atom stereocenters. The summed E-state index contributed by atoms with van der Waals surface area (Å²) in [4.78, 5) is 2.15. The first-order valence-electron chi connectivity index (χ1n) is 5.72. The minimum absolute atomic E-state index is 0.590. The zero-order valence-corrected chi connectivity index (χ0v) is 10.3. The predicted molar refractivity (Wildman–Crippen MR) is 63.2 cm³/mol. The molecule has 1 aromatic heterocycles. The monoisotopic (exact) mass is 241 g/mol. The third-order valence-electron chi connectivity index (χ3n) is 3.37. The van der Waals surface area contributed by atoms with Gasteiger partial charge < -0.3 is 0 Å². The van der Waals surface area contributed by atoms with Crippen molar-refractivity contribution in [3.8, 4) is 0 Å². The van der Waals surface area contributed by atoms with Gasteiger partial charge in [0.05, 0.1) is 11.4 Å². The maximum Gasteiger partial charge on any atom is 0.125 e. The molecule has 3 heterocycles. The maximum atomic E-state index is 12.8. The number of likely N-dealkylation sites (tertiary alicyclic amines) is 1. The molecule has 0 saturated carbocycles. The quantitative estimate of drug-likeness (QED) is 0.780. The fourth-order valence-corrected chi connectivity index (χ4v) is 3.44. The van der Waals surface area contributed by atoms with Crippen LogP contribution in [0, 0.1) is 0 Å². The molecular formula is C11H16FN3S. The summed E-state index contributed by atoms with van der Waals surface area (Å²) in [5, 5.41) is 4.56. The van der Waals surface area contributed by atoms with Crippen molar-refractivity contribution in [2.45, 2.75) is 24.9 Å². The predicted octanol–water partition coefficient (Wildman–Crippen LogP) is 1.36. The van der Waals surface area contributed by atoms with Gasteiger partial charge >= 0.3 is 0 Å². The summed E-state index contributed by atoms with van der Waals surface area (Å²) < 4.78 is 14.8.